The third-order valence-electron chi connectivity index (χ3n) is 3.65. The number of carbonyl (C=O) groups excluding carboxylic acids is 2. The van der Waals surface area contributed by atoms with Gasteiger partial charge in [-0.1, -0.05) is 35.3 Å². The van der Waals surface area contributed by atoms with Crippen molar-refractivity contribution in [2.45, 2.75) is 19.6 Å². The summed E-state index contributed by atoms with van der Waals surface area (Å²) in [5.41, 5.74) is 0.923. The van der Waals surface area contributed by atoms with Gasteiger partial charge in [0.15, 0.2) is 6.10 Å². The van der Waals surface area contributed by atoms with Gasteiger partial charge in [-0.2, -0.15) is 0 Å². The molecule has 2 aromatic rings. The van der Waals surface area contributed by atoms with E-state index in [0.29, 0.717) is 22.3 Å². The van der Waals surface area contributed by atoms with Crippen molar-refractivity contribution >= 4 is 35.0 Å². The molecule has 0 spiro atoms. The van der Waals surface area contributed by atoms with Gasteiger partial charge in [0, 0.05) is 12.6 Å². The predicted octanol–water partition coefficient (Wildman–Crippen LogP) is 3.20. The average Bonchev–Trinajstić information content (AvgIpc) is 2.67. The molecule has 2 amide bonds. The Balaban J connectivity index is 1.74. The summed E-state index contributed by atoms with van der Waals surface area (Å²) in [5.74, 6) is 0.436. The molecule has 0 aliphatic rings. The molecule has 0 fully saturated rings. The van der Waals surface area contributed by atoms with Crippen LogP contribution in [0.1, 0.15) is 12.5 Å². The molecule has 8 heteroatoms. The largest absolute Gasteiger partial charge is 0.497 e. The highest BCUT2D eigenvalue weighted by atomic mass is 35.5. The Morgan fingerprint density at radius 2 is 1.67 bits per heavy atom. The lowest BCUT2D eigenvalue weighted by molar-refractivity contribution is -0.130. The molecule has 27 heavy (non-hydrogen) atoms. The molecule has 2 aromatic carbocycles. The summed E-state index contributed by atoms with van der Waals surface area (Å²) in [7, 11) is 1.59. The second-order valence-electron chi connectivity index (χ2n) is 5.68. The van der Waals surface area contributed by atoms with Crippen molar-refractivity contribution in [3.8, 4) is 11.5 Å². The van der Waals surface area contributed by atoms with Crippen LogP contribution in [-0.2, 0) is 16.1 Å². The van der Waals surface area contributed by atoms with Crippen LogP contribution in [0, 0.1) is 0 Å². The van der Waals surface area contributed by atoms with Crippen molar-refractivity contribution in [3.63, 3.8) is 0 Å². The fourth-order valence-electron chi connectivity index (χ4n) is 2.13. The van der Waals surface area contributed by atoms with Gasteiger partial charge in [0.2, 0.25) is 5.91 Å². The second-order valence-corrected chi connectivity index (χ2v) is 6.49. The number of halogens is 2. The number of hydrogen-bond acceptors (Lipinski definition) is 4. The zero-order valence-corrected chi connectivity index (χ0v) is 16.4. The van der Waals surface area contributed by atoms with Crippen LogP contribution in [0.25, 0.3) is 0 Å². The number of hydrogen-bond donors (Lipinski definition) is 2. The van der Waals surface area contributed by atoms with Gasteiger partial charge in [0.05, 0.1) is 23.7 Å². The van der Waals surface area contributed by atoms with E-state index in [1.807, 2.05) is 24.3 Å². The van der Waals surface area contributed by atoms with Gasteiger partial charge in [-0.05, 0) is 36.8 Å². The van der Waals surface area contributed by atoms with Gasteiger partial charge in [0.1, 0.15) is 11.5 Å². The van der Waals surface area contributed by atoms with E-state index in [1.165, 1.54) is 6.07 Å². The van der Waals surface area contributed by atoms with Gasteiger partial charge in [-0.25, -0.2) is 0 Å². The van der Waals surface area contributed by atoms with E-state index < -0.39 is 12.0 Å². The summed E-state index contributed by atoms with van der Waals surface area (Å²) in [4.78, 5) is 23.9. The van der Waals surface area contributed by atoms with Crippen LogP contribution in [0.5, 0.6) is 11.5 Å². The fraction of sp³-hybridized carbons (Fsp3) is 0.263. The highest BCUT2D eigenvalue weighted by molar-refractivity contribution is 6.42. The first kappa shape index (κ1) is 20.9. The monoisotopic (exact) mass is 410 g/mol. The molecule has 1 atom stereocenters. The normalized spacial score (nSPS) is 11.4. The van der Waals surface area contributed by atoms with Crippen molar-refractivity contribution < 1.29 is 19.1 Å². The van der Waals surface area contributed by atoms with Crippen molar-refractivity contribution in [1.82, 2.24) is 10.6 Å². The fourth-order valence-corrected chi connectivity index (χ4v) is 2.41. The summed E-state index contributed by atoms with van der Waals surface area (Å²) in [6.45, 7) is 1.78. The molecule has 0 saturated carbocycles. The molecule has 0 aliphatic heterocycles. The van der Waals surface area contributed by atoms with E-state index in [9.17, 15) is 9.59 Å². The van der Waals surface area contributed by atoms with E-state index in [1.54, 1.807) is 26.2 Å². The number of amides is 2. The van der Waals surface area contributed by atoms with Crippen molar-refractivity contribution in [1.29, 1.82) is 0 Å². The second kappa shape index (κ2) is 10.0. The molecule has 0 aliphatic carbocycles. The molecule has 2 rings (SSSR count). The van der Waals surface area contributed by atoms with Crippen molar-refractivity contribution in [2.75, 3.05) is 13.7 Å². The Hall–Kier alpha value is -2.44. The maximum atomic E-state index is 12.1. The van der Waals surface area contributed by atoms with E-state index in [-0.39, 0.29) is 12.5 Å². The Kier molecular flexibility index (Phi) is 7.76. The number of nitrogens with one attached hydrogen (secondary N) is 2. The lowest BCUT2D eigenvalue weighted by atomic mass is 10.2. The topological polar surface area (TPSA) is 76.7 Å². The molecule has 0 radical (unpaired) electrons. The van der Waals surface area contributed by atoms with Crippen LogP contribution in [0.4, 0.5) is 0 Å². The van der Waals surface area contributed by atoms with Crippen molar-refractivity contribution in [2.24, 2.45) is 0 Å². The third kappa shape index (κ3) is 6.66. The van der Waals surface area contributed by atoms with Crippen LogP contribution < -0.4 is 20.1 Å². The summed E-state index contributed by atoms with van der Waals surface area (Å²) in [5, 5.41) is 5.99. The first-order valence-electron chi connectivity index (χ1n) is 8.18. The SMILES string of the molecule is COc1ccc(CNC(=O)CNC(=O)C(C)Oc2ccc(Cl)c(Cl)c2)cc1. The number of rotatable bonds is 8. The predicted molar refractivity (Wildman–Crippen MR) is 104 cm³/mol. The lowest BCUT2D eigenvalue weighted by Gasteiger charge is -2.15. The Labute approximate surface area is 167 Å². The Bertz CT molecular complexity index is 797. The van der Waals surface area contributed by atoms with Gasteiger partial charge >= 0.3 is 0 Å². The Morgan fingerprint density at radius 3 is 2.30 bits per heavy atom. The number of ether oxygens (including phenoxy) is 2. The first-order chi connectivity index (χ1) is 12.9. The molecular weight excluding hydrogens is 391 g/mol. The molecule has 0 saturated heterocycles. The van der Waals surface area contributed by atoms with Gasteiger partial charge in [0.25, 0.3) is 5.91 Å². The smallest absolute Gasteiger partial charge is 0.261 e. The molecule has 1 unspecified atom stereocenters. The summed E-state index contributed by atoms with van der Waals surface area (Å²) in [6.07, 6.45) is -0.795. The van der Waals surface area contributed by atoms with E-state index >= 15 is 0 Å². The molecule has 0 bridgehead atoms. The zero-order valence-electron chi connectivity index (χ0n) is 14.9. The number of carbonyl (C=O) groups is 2. The van der Waals surface area contributed by atoms with Gasteiger partial charge in [-0.15, -0.1) is 0 Å². The molecule has 0 heterocycles. The molecule has 2 N–H and O–H groups in total. The van der Waals surface area contributed by atoms with Gasteiger partial charge < -0.3 is 20.1 Å². The van der Waals surface area contributed by atoms with E-state index in [4.69, 9.17) is 32.7 Å². The minimum atomic E-state index is -0.795. The number of benzene rings is 2. The molecule has 0 aromatic heterocycles. The highest BCUT2D eigenvalue weighted by Gasteiger charge is 2.16. The van der Waals surface area contributed by atoms with E-state index in [2.05, 4.69) is 10.6 Å². The number of methoxy groups -OCH3 is 1. The van der Waals surface area contributed by atoms with Gasteiger partial charge in [-0.3, -0.25) is 9.59 Å². The van der Waals surface area contributed by atoms with E-state index in [0.717, 1.165) is 11.3 Å². The quantitative estimate of drug-likeness (QED) is 0.700. The molecular formula is C19H20Cl2N2O4. The first-order valence-corrected chi connectivity index (χ1v) is 8.93. The third-order valence-corrected chi connectivity index (χ3v) is 4.38. The summed E-state index contributed by atoms with van der Waals surface area (Å²) < 4.78 is 10.6. The standard InChI is InChI=1S/C19H20Cl2N2O4/c1-12(27-15-7-8-16(20)17(21)9-15)19(25)23-11-18(24)22-10-13-3-5-14(26-2)6-4-13/h3-9,12H,10-11H2,1-2H3,(H,22,24)(H,23,25). The van der Waals surface area contributed by atoms with Crippen LogP contribution in [0.3, 0.4) is 0 Å². The highest BCUT2D eigenvalue weighted by Crippen LogP contribution is 2.26. The maximum Gasteiger partial charge on any atom is 0.261 e. The van der Waals surface area contributed by atoms with Crippen LogP contribution in [0.15, 0.2) is 42.5 Å². The lowest BCUT2D eigenvalue weighted by Crippen LogP contribution is -2.42. The van der Waals surface area contributed by atoms with Crippen LogP contribution >= 0.6 is 23.2 Å². The summed E-state index contributed by atoms with van der Waals surface area (Å²) >= 11 is 11.7. The minimum Gasteiger partial charge on any atom is -0.497 e. The average molecular weight is 411 g/mol. The molecule has 6 nitrogen and oxygen atoms in total. The molecule has 144 valence electrons. The van der Waals surface area contributed by atoms with Crippen LogP contribution in [0.2, 0.25) is 10.0 Å². The maximum absolute atomic E-state index is 12.1. The zero-order chi connectivity index (χ0) is 19.8. The Morgan fingerprint density at radius 1 is 1.00 bits per heavy atom. The van der Waals surface area contributed by atoms with Crippen LogP contribution in [-0.4, -0.2) is 31.6 Å². The minimum absolute atomic E-state index is 0.149. The summed E-state index contributed by atoms with van der Waals surface area (Å²) in [6, 6.07) is 12.0. The van der Waals surface area contributed by atoms with Crippen molar-refractivity contribution in [3.05, 3.63) is 58.1 Å².